The number of carbonyl (C=O) groups is 1. The molecule has 6 heteroatoms. The van der Waals surface area contributed by atoms with Crippen molar-refractivity contribution in [3.8, 4) is 5.69 Å². The molecule has 0 bridgehead atoms. The van der Waals surface area contributed by atoms with Crippen molar-refractivity contribution in [1.82, 2.24) is 19.5 Å². The summed E-state index contributed by atoms with van der Waals surface area (Å²) in [6.45, 7) is 0. The largest absolute Gasteiger partial charge is 0.321 e. The second kappa shape index (κ2) is 5.31. The number of amides is 1. The summed E-state index contributed by atoms with van der Waals surface area (Å²) < 4.78 is 1.81. The molecule has 98 valence electrons. The van der Waals surface area contributed by atoms with Gasteiger partial charge in [-0.3, -0.25) is 14.8 Å². The monoisotopic (exact) mass is 265 g/mol. The van der Waals surface area contributed by atoms with Crippen LogP contribution in [0.25, 0.3) is 5.69 Å². The van der Waals surface area contributed by atoms with Gasteiger partial charge in [-0.05, 0) is 24.3 Å². The fourth-order valence-electron chi connectivity index (χ4n) is 1.75. The van der Waals surface area contributed by atoms with Crippen LogP contribution in [-0.2, 0) is 0 Å². The molecule has 0 saturated carbocycles. The van der Waals surface area contributed by atoms with Gasteiger partial charge in [-0.2, -0.15) is 0 Å². The summed E-state index contributed by atoms with van der Waals surface area (Å²) >= 11 is 0. The van der Waals surface area contributed by atoms with E-state index in [-0.39, 0.29) is 5.91 Å². The first-order valence-corrected chi connectivity index (χ1v) is 5.99. The molecule has 0 fully saturated rings. The third-order valence-corrected chi connectivity index (χ3v) is 2.72. The molecule has 0 atom stereocenters. The molecule has 0 unspecified atom stereocenters. The molecule has 0 aromatic carbocycles. The van der Waals surface area contributed by atoms with E-state index in [1.165, 1.54) is 0 Å². The number of aromatic nitrogens is 4. The molecule has 6 nitrogen and oxygen atoms in total. The minimum absolute atomic E-state index is 0.266. The first kappa shape index (κ1) is 12.0. The average Bonchev–Trinajstić information content (AvgIpc) is 3.03. The Morgan fingerprint density at radius 1 is 1.05 bits per heavy atom. The van der Waals surface area contributed by atoms with E-state index < -0.39 is 0 Å². The summed E-state index contributed by atoms with van der Waals surface area (Å²) in [6, 6.07) is 6.96. The molecule has 1 amide bonds. The second-order valence-corrected chi connectivity index (χ2v) is 4.06. The maximum Gasteiger partial charge on any atom is 0.274 e. The highest BCUT2D eigenvalue weighted by atomic mass is 16.1. The van der Waals surface area contributed by atoms with Gasteiger partial charge in [0.05, 0.1) is 12.0 Å². The van der Waals surface area contributed by atoms with Gasteiger partial charge in [0, 0.05) is 36.7 Å². The zero-order chi connectivity index (χ0) is 13.8. The summed E-state index contributed by atoms with van der Waals surface area (Å²) in [5.41, 5.74) is 1.85. The van der Waals surface area contributed by atoms with Crippen molar-refractivity contribution in [1.29, 1.82) is 0 Å². The number of nitrogens with one attached hydrogen (secondary N) is 1. The van der Waals surface area contributed by atoms with Gasteiger partial charge in [0.25, 0.3) is 5.91 Å². The molecule has 20 heavy (non-hydrogen) atoms. The van der Waals surface area contributed by atoms with E-state index in [2.05, 4.69) is 20.3 Å². The minimum Gasteiger partial charge on any atom is -0.321 e. The zero-order valence-electron chi connectivity index (χ0n) is 10.5. The number of carbonyl (C=O) groups excluding carboxylic acids is 1. The highest BCUT2D eigenvalue weighted by molar-refractivity contribution is 6.03. The number of nitrogens with zero attached hydrogens (tertiary/aromatic N) is 4. The number of hydrogen-bond acceptors (Lipinski definition) is 4. The van der Waals surface area contributed by atoms with Gasteiger partial charge in [0.2, 0.25) is 0 Å². The van der Waals surface area contributed by atoms with Crippen molar-refractivity contribution in [2.75, 3.05) is 5.32 Å². The number of rotatable bonds is 3. The Morgan fingerprint density at radius 3 is 2.65 bits per heavy atom. The van der Waals surface area contributed by atoms with Crippen molar-refractivity contribution in [3.05, 3.63) is 67.3 Å². The Morgan fingerprint density at radius 2 is 1.90 bits per heavy atom. The van der Waals surface area contributed by atoms with E-state index in [0.29, 0.717) is 11.4 Å². The van der Waals surface area contributed by atoms with E-state index in [1.54, 1.807) is 55.5 Å². The van der Waals surface area contributed by atoms with Crippen LogP contribution in [0.3, 0.4) is 0 Å². The molecule has 3 rings (SSSR count). The number of imidazole rings is 1. The van der Waals surface area contributed by atoms with E-state index in [4.69, 9.17) is 0 Å². The van der Waals surface area contributed by atoms with Gasteiger partial charge in [-0.25, -0.2) is 4.98 Å². The van der Waals surface area contributed by atoms with Crippen molar-refractivity contribution >= 4 is 11.6 Å². The van der Waals surface area contributed by atoms with Crippen molar-refractivity contribution in [3.63, 3.8) is 0 Å². The lowest BCUT2D eigenvalue weighted by atomic mass is 10.3. The highest BCUT2D eigenvalue weighted by Crippen LogP contribution is 2.10. The highest BCUT2D eigenvalue weighted by Gasteiger charge is 2.08. The van der Waals surface area contributed by atoms with Gasteiger partial charge >= 0.3 is 0 Å². The molecule has 0 spiro atoms. The Labute approximate surface area is 115 Å². The van der Waals surface area contributed by atoms with Crippen LogP contribution in [0.1, 0.15) is 10.5 Å². The summed E-state index contributed by atoms with van der Waals surface area (Å²) in [5, 5.41) is 2.76. The third-order valence-electron chi connectivity index (χ3n) is 2.72. The molecular weight excluding hydrogens is 254 g/mol. The number of pyridine rings is 2. The van der Waals surface area contributed by atoms with Crippen molar-refractivity contribution < 1.29 is 4.79 Å². The van der Waals surface area contributed by atoms with Crippen molar-refractivity contribution in [2.24, 2.45) is 0 Å². The van der Waals surface area contributed by atoms with Gasteiger partial charge in [0.1, 0.15) is 5.69 Å². The van der Waals surface area contributed by atoms with E-state index in [0.717, 1.165) is 5.69 Å². The molecular formula is C14H11N5O. The SMILES string of the molecule is O=C(Nc1ccncc1)c1cc(-n2ccnc2)ccn1. The summed E-state index contributed by atoms with van der Waals surface area (Å²) in [4.78, 5) is 24.1. The van der Waals surface area contributed by atoms with E-state index in [9.17, 15) is 4.79 Å². The lowest BCUT2D eigenvalue weighted by Crippen LogP contribution is -2.14. The quantitative estimate of drug-likeness (QED) is 0.785. The van der Waals surface area contributed by atoms with E-state index >= 15 is 0 Å². The van der Waals surface area contributed by atoms with Gasteiger partial charge < -0.3 is 9.88 Å². The number of hydrogen-bond donors (Lipinski definition) is 1. The van der Waals surface area contributed by atoms with Gasteiger partial charge in [0.15, 0.2) is 0 Å². The van der Waals surface area contributed by atoms with Crippen molar-refractivity contribution in [2.45, 2.75) is 0 Å². The van der Waals surface area contributed by atoms with Gasteiger partial charge in [-0.1, -0.05) is 0 Å². The molecule has 1 N–H and O–H groups in total. The third kappa shape index (κ3) is 2.54. The second-order valence-electron chi connectivity index (χ2n) is 4.06. The van der Waals surface area contributed by atoms with Crippen LogP contribution in [0, 0.1) is 0 Å². The molecule has 3 aromatic rings. The Balaban J connectivity index is 1.84. The molecule has 0 aliphatic heterocycles. The Bertz CT molecular complexity index is 709. The molecule has 3 aromatic heterocycles. The Kier molecular flexibility index (Phi) is 3.20. The number of anilines is 1. The topological polar surface area (TPSA) is 72.7 Å². The van der Waals surface area contributed by atoms with Crippen LogP contribution >= 0.6 is 0 Å². The zero-order valence-corrected chi connectivity index (χ0v) is 10.5. The standard InChI is InChI=1S/C14H11N5O/c20-14(18-11-1-4-15-5-2-11)13-9-12(3-6-17-13)19-8-7-16-10-19/h1-10H,(H,15,18,20). The normalized spacial score (nSPS) is 10.2. The first-order valence-electron chi connectivity index (χ1n) is 5.99. The Hall–Kier alpha value is -3.02. The molecule has 0 aliphatic rings. The average molecular weight is 265 g/mol. The lowest BCUT2D eigenvalue weighted by molar-refractivity contribution is 0.102. The molecule has 0 saturated heterocycles. The lowest BCUT2D eigenvalue weighted by Gasteiger charge is -2.06. The van der Waals surface area contributed by atoms with E-state index in [1.807, 2.05) is 10.6 Å². The predicted molar refractivity (Wildman–Crippen MR) is 73.5 cm³/mol. The fourth-order valence-corrected chi connectivity index (χ4v) is 1.75. The summed E-state index contributed by atoms with van der Waals surface area (Å²) in [7, 11) is 0. The van der Waals surface area contributed by atoms with Gasteiger partial charge in [-0.15, -0.1) is 0 Å². The van der Waals surface area contributed by atoms with Crippen LogP contribution < -0.4 is 5.32 Å². The molecule has 3 heterocycles. The first-order chi connectivity index (χ1) is 9.83. The van der Waals surface area contributed by atoms with Crippen LogP contribution in [0.4, 0.5) is 5.69 Å². The van der Waals surface area contributed by atoms with Crippen LogP contribution in [0.15, 0.2) is 61.6 Å². The van der Waals surface area contributed by atoms with Crippen LogP contribution in [0.2, 0.25) is 0 Å². The summed E-state index contributed by atoms with van der Waals surface area (Å²) in [6.07, 6.45) is 9.98. The van der Waals surface area contributed by atoms with Crippen LogP contribution in [-0.4, -0.2) is 25.4 Å². The molecule has 0 radical (unpaired) electrons. The smallest absolute Gasteiger partial charge is 0.274 e. The summed E-state index contributed by atoms with van der Waals surface area (Å²) in [5.74, 6) is -0.266. The van der Waals surface area contributed by atoms with Crippen LogP contribution in [0.5, 0.6) is 0 Å². The maximum absolute atomic E-state index is 12.1. The fraction of sp³-hybridized carbons (Fsp3) is 0. The minimum atomic E-state index is -0.266. The predicted octanol–water partition coefficient (Wildman–Crippen LogP) is 1.91. The maximum atomic E-state index is 12.1. The molecule has 0 aliphatic carbocycles.